The third-order valence-corrected chi connectivity index (χ3v) is 0. The molecule has 0 aliphatic rings. The summed E-state index contributed by atoms with van der Waals surface area (Å²) >= 11 is 0. The van der Waals surface area contributed by atoms with Crippen LogP contribution in [-0.4, -0.2) is 115 Å². The van der Waals surface area contributed by atoms with Gasteiger partial charge in [0.1, 0.15) is 0 Å². The second kappa shape index (κ2) is 29.8. The molecular formula is H8FeKMnNaNbO5SiTi. The molecule has 0 unspecified atom stereocenters. The summed E-state index contributed by atoms with van der Waals surface area (Å²) in [4.78, 5) is 29.3. The molecule has 12 heavy (non-hydrogen) atoms. The van der Waals surface area contributed by atoms with E-state index in [1.54, 1.807) is 0 Å². The van der Waals surface area contributed by atoms with Crippen molar-refractivity contribution in [3.63, 3.8) is 0 Å². The van der Waals surface area contributed by atoms with E-state index in [2.05, 4.69) is 0 Å². The van der Waals surface area contributed by atoms with Gasteiger partial charge in [0.25, 0.3) is 0 Å². The fourth-order valence-electron chi connectivity index (χ4n) is 0. The largest absolute Gasteiger partial charge is 0 e. The molecule has 0 fully saturated rings. The Morgan fingerprint density at radius 3 is 0.917 bits per heavy atom. The maximum absolute atomic E-state index is 7.33. The van der Waals surface area contributed by atoms with Gasteiger partial charge in [-0.1, -0.05) is 0 Å². The fraction of sp³-hybridized carbons (Fsp3) is 0. The summed E-state index contributed by atoms with van der Waals surface area (Å²) in [6.07, 6.45) is 0. The molecule has 0 bridgehead atoms. The molecule has 0 aliphatic heterocycles. The first-order valence-corrected chi connectivity index (χ1v) is 2.68. The minimum atomic E-state index is -4.61. The number of hydrogen-bond donors (Lipinski definition) is 4. The van der Waals surface area contributed by atoms with E-state index in [-0.39, 0.29) is 165 Å². The van der Waals surface area contributed by atoms with Gasteiger partial charge in [-0.15, -0.1) is 0 Å². The summed E-state index contributed by atoms with van der Waals surface area (Å²) in [5, 5.41) is 0. The molecule has 0 aromatic carbocycles. The van der Waals surface area contributed by atoms with Crippen LogP contribution in [0.2, 0.25) is 0 Å². The molecule has 68 valence electrons. The third kappa shape index (κ3) is 114. The van der Waals surface area contributed by atoms with Crippen molar-refractivity contribution in [1.82, 2.24) is 0 Å². The molecule has 6 N–H and O–H groups in total. The molecular weight excluding hydrogens is 422 g/mol. The number of rotatable bonds is 0. The summed E-state index contributed by atoms with van der Waals surface area (Å²) in [5.41, 5.74) is 0. The molecule has 0 amide bonds. The smallest absolute Gasteiger partial charge is 0 e. The number of hydrogen-bond acceptors (Lipinski definition) is 4. The predicted octanol–water partition coefficient (Wildman–Crippen LogP) is -4.74. The van der Waals surface area contributed by atoms with Gasteiger partial charge >= 0.3 is 90.0 Å². The first kappa shape index (κ1) is 53.4. The zero-order chi connectivity index (χ0) is 4.50. The first-order valence-electron chi connectivity index (χ1n) is 0.894. The topological polar surface area (TPSA) is 112 Å². The van der Waals surface area contributed by atoms with Crippen LogP contribution in [0.25, 0.3) is 0 Å². The Kier molecular flexibility index (Phi) is 133. The van der Waals surface area contributed by atoms with Crippen LogP contribution < -0.4 is 0 Å². The fourth-order valence-corrected chi connectivity index (χ4v) is 0. The molecule has 0 saturated heterocycles. The van der Waals surface area contributed by atoms with Crippen molar-refractivity contribution in [3.05, 3.63) is 0 Å². The molecule has 12 heteroatoms. The van der Waals surface area contributed by atoms with Crippen molar-refractivity contribution in [2.45, 2.75) is 0 Å². The van der Waals surface area contributed by atoms with Crippen molar-refractivity contribution < 1.29 is 103 Å². The van der Waals surface area contributed by atoms with Gasteiger partial charge in [-0.3, -0.25) is 0 Å². The van der Waals surface area contributed by atoms with Crippen molar-refractivity contribution >= 4 is 90.0 Å². The maximum Gasteiger partial charge on any atom is 0 e. The summed E-state index contributed by atoms with van der Waals surface area (Å²) in [6, 6.07) is 0. The summed E-state index contributed by atoms with van der Waals surface area (Å²) in [6.45, 7) is 0. The summed E-state index contributed by atoms with van der Waals surface area (Å²) in [5.74, 6) is 0. The second-order valence-electron chi connectivity index (χ2n) is 0.600. The maximum atomic E-state index is 7.33. The Morgan fingerprint density at radius 2 is 0.917 bits per heavy atom. The van der Waals surface area contributed by atoms with E-state index in [1.165, 1.54) is 0 Å². The molecule has 0 aromatic heterocycles. The van der Waals surface area contributed by atoms with Crippen molar-refractivity contribution in [2.75, 3.05) is 0 Å². The summed E-state index contributed by atoms with van der Waals surface area (Å²) in [7, 11) is -4.61. The van der Waals surface area contributed by atoms with Gasteiger partial charge in [-0.2, -0.15) is 0 Å². The van der Waals surface area contributed by atoms with E-state index >= 15 is 0 Å². The SMILES string of the molecule is O.O[Si](O)(O)O.[Fe].[KH].[Mn].[NaH].[Nb].[Ti]. The molecule has 0 spiro atoms. The molecule has 5 nitrogen and oxygen atoms in total. The average molecular weight is 430 g/mol. The van der Waals surface area contributed by atoms with Gasteiger partial charge in [0.15, 0.2) is 0 Å². The van der Waals surface area contributed by atoms with Gasteiger partial charge < -0.3 is 24.7 Å². The van der Waals surface area contributed by atoms with Gasteiger partial charge in [0.2, 0.25) is 0 Å². The van der Waals surface area contributed by atoms with Crippen molar-refractivity contribution in [3.8, 4) is 0 Å². The Balaban J connectivity index is -0.00000000381. The van der Waals surface area contributed by atoms with Crippen molar-refractivity contribution in [2.24, 2.45) is 0 Å². The molecule has 0 rings (SSSR count). The molecule has 2 radical (unpaired) electrons. The quantitative estimate of drug-likeness (QED) is 0.290. The van der Waals surface area contributed by atoms with Crippen LogP contribution in [0.15, 0.2) is 0 Å². The van der Waals surface area contributed by atoms with Gasteiger partial charge in [0, 0.05) is 78.2 Å². The molecule has 0 saturated carbocycles. The Morgan fingerprint density at radius 1 is 0.917 bits per heavy atom. The standard InChI is InChI=1S/Fe.K.Mn.Na.Nb.H4O4Si.H2O.Ti.2H/c;;;;;1-5(2,3)4;;;;/h;;;;;1-4H;1H2;;;. The predicted molar refractivity (Wildman–Crippen MR) is 32.5 cm³/mol. The van der Waals surface area contributed by atoms with E-state index < -0.39 is 9.05 Å². The normalized spacial score (nSPS) is 5.00. The van der Waals surface area contributed by atoms with E-state index in [9.17, 15) is 0 Å². The van der Waals surface area contributed by atoms with Gasteiger partial charge in [-0.25, -0.2) is 0 Å². The Hall–Kier alpha value is 5.15. The Bertz CT molecular complexity index is 46.9. The van der Waals surface area contributed by atoms with Crippen LogP contribution in [0.5, 0.6) is 0 Å². The molecule has 0 atom stereocenters. The van der Waals surface area contributed by atoms with Gasteiger partial charge in [0.05, 0.1) is 0 Å². The van der Waals surface area contributed by atoms with Crippen LogP contribution in [0.1, 0.15) is 0 Å². The second-order valence-corrected chi connectivity index (χ2v) is 1.80. The van der Waals surface area contributed by atoms with Crippen LogP contribution in [-0.2, 0) is 78.2 Å². The monoisotopic (exact) mass is 430 g/mol. The zero-order valence-electron chi connectivity index (χ0n) is 4.47. The van der Waals surface area contributed by atoms with E-state index in [0.29, 0.717) is 0 Å². The van der Waals surface area contributed by atoms with Crippen molar-refractivity contribution in [1.29, 1.82) is 0 Å². The average Bonchev–Trinajstić information content (AvgIpc) is 0.722. The van der Waals surface area contributed by atoms with E-state index in [0.717, 1.165) is 0 Å². The van der Waals surface area contributed by atoms with Gasteiger partial charge in [-0.05, 0) is 0 Å². The first-order chi connectivity index (χ1) is 2.00. The van der Waals surface area contributed by atoms with E-state index in [4.69, 9.17) is 19.2 Å². The molecule has 0 aromatic rings. The van der Waals surface area contributed by atoms with Crippen LogP contribution >= 0.6 is 0 Å². The third-order valence-electron chi connectivity index (χ3n) is 0. The molecule has 0 heterocycles. The zero-order valence-corrected chi connectivity index (χ0v) is 11.5. The minimum Gasteiger partial charge on any atom is 0 e. The Labute approximate surface area is 188 Å². The summed E-state index contributed by atoms with van der Waals surface area (Å²) < 4.78 is 0. The van der Waals surface area contributed by atoms with E-state index in [1.807, 2.05) is 0 Å². The van der Waals surface area contributed by atoms with Crippen LogP contribution in [0, 0.1) is 0 Å². The molecule has 0 aliphatic carbocycles. The minimum absolute atomic E-state index is 0. The van der Waals surface area contributed by atoms with Crippen LogP contribution in [0.3, 0.4) is 0 Å². The van der Waals surface area contributed by atoms with Crippen LogP contribution in [0.4, 0.5) is 0 Å².